The van der Waals surface area contributed by atoms with Crippen molar-refractivity contribution in [1.82, 2.24) is 4.98 Å². The second kappa shape index (κ2) is 6.47. The van der Waals surface area contributed by atoms with Gasteiger partial charge in [0.05, 0.1) is 5.69 Å². The highest BCUT2D eigenvalue weighted by Crippen LogP contribution is 2.19. The minimum absolute atomic E-state index is 0.323. The lowest BCUT2D eigenvalue weighted by atomic mass is 10.2. The number of esters is 2. The molecular weight excluding hydrogens is 258 g/mol. The van der Waals surface area contributed by atoms with E-state index in [4.69, 9.17) is 9.47 Å². The number of hydrogen-bond donors (Lipinski definition) is 0. The van der Waals surface area contributed by atoms with Crippen LogP contribution in [0.15, 0.2) is 54.7 Å². The number of rotatable bonds is 4. The summed E-state index contributed by atoms with van der Waals surface area (Å²) in [5.41, 5.74) is 0.323. The molecule has 0 saturated carbocycles. The van der Waals surface area contributed by atoms with Crippen LogP contribution >= 0.6 is 0 Å². The first-order valence-corrected chi connectivity index (χ1v) is 6.01. The molecule has 0 saturated heterocycles. The summed E-state index contributed by atoms with van der Waals surface area (Å²) in [4.78, 5) is 27.3. The number of benzene rings is 1. The number of ether oxygens (including phenoxy) is 2. The van der Waals surface area contributed by atoms with Crippen LogP contribution in [-0.2, 0) is 14.3 Å². The van der Waals surface area contributed by atoms with Crippen molar-refractivity contribution in [1.29, 1.82) is 0 Å². The van der Waals surface area contributed by atoms with Crippen LogP contribution in [0.4, 0.5) is 0 Å². The molecule has 0 aliphatic heterocycles. The Morgan fingerprint density at radius 2 is 1.75 bits per heavy atom. The first-order chi connectivity index (χ1) is 9.66. The molecule has 102 valence electrons. The van der Waals surface area contributed by atoms with E-state index in [-0.39, 0.29) is 0 Å². The predicted molar refractivity (Wildman–Crippen MR) is 70.8 cm³/mol. The molecular formula is C15H13NO4. The molecule has 0 radical (unpaired) electrons. The molecule has 0 amide bonds. The number of hydrogen-bond acceptors (Lipinski definition) is 5. The predicted octanol–water partition coefficient (Wildman–Crippen LogP) is 2.29. The van der Waals surface area contributed by atoms with Crippen LogP contribution < -0.4 is 4.74 Å². The number of para-hydroxylation sites is 1. The van der Waals surface area contributed by atoms with E-state index in [1.807, 2.05) is 0 Å². The quantitative estimate of drug-likeness (QED) is 0.630. The summed E-state index contributed by atoms with van der Waals surface area (Å²) >= 11 is 0. The first kappa shape index (κ1) is 13.7. The normalized spacial score (nSPS) is 11.4. The minimum Gasteiger partial charge on any atom is -0.444 e. The number of aromatic nitrogens is 1. The second-order valence-corrected chi connectivity index (χ2v) is 3.98. The lowest BCUT2D eigenvalue weighted by molar-refractivity contribution is -0.161. The molecule has 0 fully saturated rings. The van der Waals surface area contributed by atoms with E-state index in [0.29, 0.717) is 11.4 Å². The average molecular weight is 271 g/mol. The van der Waals surface area contributed by atoms with Crippen molar-refractivity contribution in [3.63, 3.8) is 0 Å². The van der Waals surface area contributed by atoms with Crippen LogP contribution in [0.5, 0.6) is 5.75 Å². The molecule has 0 bridgehead atoms. The van der Waals surface area contributed by atoms with Crippen molar-refractivity contribution in [2.75, 3.05) is 0 Å². The highest BCUT2D eigenvalue weighted by Gasteiger charge is 2.27. The Balaban J connectivity index is 2.18. The number of pyridine rings is 1. The zero-order valence-electron chi connectivity index (χ0n) is 10.9. The third-order valence-electron chi connectivity index (χ3n) is 2.42. The summed E-state index contributed by atoms with van der Waals surface area (Å²) in [5, 5.41) is 0. The highest BCUT2D eigenvalue weighted by atomic mass is 16.6. The highest BCUT2D eigenvalue weighted by molar-refractivity contribution is 5.81. The molecule has 1 aromatic heterocycles. The summed E-state index contributed by atoms with van der Waals surface area (Å²) < 4.78 is 10.2. The molecule has 2 aromatic rings. The molecule has 1 unspecified atom stereocenters. The summed E-state index contributed by atoms with van der Waals surface area (Å²) in [5.74, 6) is -0.888. The van der Waals surface area contributed by atoms with Gasteiger partial charge in [-0.15, -0.1) is 0 Å². The van der Waals surface area contributed by atoms with Crippen molar-refractivity contribution in [3.05, 3.63) is 60.4 Å². The summed E-state index contributed by atoms with van der Waals surface area (Å²) in [7, 11) is 0. The van der Waals surface area contributed by atoms with Gasteiger partial charge >= 0.3 is 11.9 Å². The van der Waals surface area contributed by atoms with Gasteiger partial charge in [0.1, 0.15) is 5.75 Å². The van der Waals surface area contributed by atoms with Gasteiger partial charge in [-0.3, -0.25) is 9.78 Å². The summed E-state index contributed by atoms with van der Waals surface area (Å²) in [6.45, 7) is 1.23. The van der Waals surface area contributed by atoms with E-state index >= 15 is 0 Å². The molecule has 0 aliphatic carbocycles. The van der Waals surface area contributed by atoms with Gasteiger partial charge in [0.2, 0.25) is 6.10 Å². The van der Waals surface area contributed by atoms with E-state index in [1.54, 1.807) is 48.5 Å². The molecule has 5 nitrogen and oxygen atoms in total. The molecule has 5 heteroatoms. The van der Waals surface area contributed by atoms with Gasteiger partial charge in [-0.2, -0.15) is 0 Å². The van der Waals surface area contributed by atoms with Crippen molar-refractivity contribution in [2.24, 2.45) is 0 Å². The van der Waals surface area contributed by atoms with Gasteiger partial charge in [0, 0.05) is 13.1 Å². The molecule has 20 heavy (non-hydrogen) atoms. The topological polar surface area (TPSA) is 65.5 Å². The molecule has 2 rings (SSSR count). The molecule has 0 spiro atoms. The SMILES string of the molecule is CC(=O)OC(C(=O)Oc1ccccc1)c1ccccn1. The van der Waals surface area contributed by atoms with E-state index in [2.05, 4.69) is 4.98 Å². The number of nitrogens with zero attached hydrogens (tertiary/aromatic N) is 1. The Morgan fingerprint density at radius 3 is 2.35 bits per heavy atom. The van der Waals surface area contributed by atoms with Crippen molar-refractivity contribution in [3.8, 4) is 5.75 Å². The van der Waals surface area contributed by atoms with Crippen LogP contribution in [0.3, 0.4) is 0 Å². The Kier molecular flexibility index (Phi) is 4.44. The maximum Gasteiger partial charge on any atom is 0.359 e. The van der Waals surface area contributed by atoms with Gasteiger partial charge in [0.15, 0.2) is 0 Å². The zero-order valence-corrected chi connectivity index (χ0v) is 10.9. The Morgan fingerprint density at radius 1 is 1.05 bits per heavy atom. The molecule has 1 heterocycles. The summed E-state index contributed by atoms with van der Waals surface area (Å²) in [6.07, 6.45) is 0.343. The third-order valence-corrected chi connectivity index (χ3v) is 2.42. The maximum absolute atomic E-state index is 12.1. The lowest BCUT2D eigenvalue weighted by Gasteiger charge is -2.15. The Bertz CT molecular complexity index is 583. The fraction of sp³-hybridized carbons (Fsp3) is 0.133. The fourth-order valence-corrected chi connectivity index (χ4v) is 1.58. The number of carbonyl (C=O) groups excluding carboxylic acids is 2. The minimum atomic E-state index is -1.17. The van der Waals surface area contributed by atoms with Gasteiger partial charge in [-0.05, 0) is 24.3 Å². The third kappa shape index (κ3) is 3.65. The van der Waals surface area contributed by atoms with E-state index in [1.165, 1.54) is 13.1 Å². The standard InChI is InChI=1S/C15H13NO4/c1-11(17)19-14(13-9-5-6-10-16-13)15(18)20-12-7-3-2-4-8-12/h2-10,14H,1H3. The maximum atomic E-state index is 12.1. The van der Waals surface area contributed by atoms with E-state index < -0.39 is 18.0 Å². The van der Waals surface area contributed by atoms with Crippen LogP contribution in [0, 0.1) is 0 Å². The zero-order chi connectivity index (χ0) is 14.4. The van der Waals surface area contributed by atoms with Crippen LogP contribution in [0.25, 0.3) is 0 Å². The fourth-order valence-electron chi connectivity index (χ4n) is 1.58. The van der Waals surface area contributed by atoms with Crippen molar-refractivity contribution < 1.29 is 19.1 Å². The first-order valence-electron chi connectivity index (χ1n) is 6.01. The van der Waals surface area contributed by atoms with Crippen LogP contribution in [0.2, 0.25) is 0 Å². The van der Waals surface area contributed by atoms with Crippen LogP contribution in [0.1, 0.15) is 18.7 Å². The molecule has 1 aromatic carbocycles. The Hall–Kier alpha value is -2.69. The van der Waals surface area contributed by atoms with Crippen molar-refractivity contribution in [2.45, 2.75) is 13.0 Å². The van der Waals surface area contributed by atoms with Crippen molar-refractivity contribution >= 4 is 11.9 Å². The van der Waals surface area contributed by atoms with Gasteiger partial charge in [-0.25, -0.2) is 4.79 Å². The monoisotopic (exact) mass is 271 g/mol. The summed E-state index contributed by atoms with van der Waals surface area (Å²) in [6, 6.07) is 13.6. The average Bonchev–Trinajstić information content (AvgIpc) is 2.46. The van der Waals surface area contributed by atoms with E-state index in [0.717, 1.165) is 0 Å². The molecule has 1 atom stereocenters. The second-order valence-electron chi connectivity index (χ2n) is 3.98. The lowest BCUT2D eigenvalue weighted by Crippen LogP contribution is -2.24. The van der Waals surface area contributed by atoms with Gasteiger partial charge in [0.25, 0.3) is 0 Å². The Labute approximate surface area is 116 Å². The van der Waals surface area contributed by atoms with Gasteiger partial charge in [-0.1, -0.05) is 24.3 Å². The smallest absolute Gasteiger partial charge is 0.359 e. The number of carbonyl (C=O) groups is 2. The van der Waals surface area contributed by atoms with Gasteiger partial charge < -0.3 is 9.47 Å². The largest absolute Gasteiger partial charge is 0.444 e. The molecule has 0 aliphatic rings. The van der Waals surface area contributed by atoms with Crippen LogP contribution in [-0.4, -0.2) is 16.9 Å². The van der Waals surface area contributed by atoms with E-state index in [9.17, 15) is 9.59 Å². The molecule has 0 N–H and O–H groups in total.